The Labute approximate surface area is 161 Å². The minimum absolute atomic E-state index is 0.130. The van der Waals surface area contributed by atoms with E-state index in [4.69, 9.17) is 4.74 Å². The van der Waals surface area contributed by atoms with Crippen LogP contribution in [0.4, 0.5) is 4.79 Å². The van der Waals surface area contributed by atoms with Crippen LogP contribution in [0.1, 0.15) is 36.4 Å². The number of amides is 2. The van der Waals surface area contributed by atoms with E-state index in [9.17, 15) is 4.79 Å². The number of likely N-dealkylation sites (tertiary alicyclic amines) is 1. The molecule has 144 valence electrons. The summed E-state index contributed by atoms with van der Waals surface area (Å²) in [7, 11) is 1.68. The van der Waals surface area contributed by atoms with Gasteiger partial charge in [-0.25, -0.2) is 4.79 Å². The molecule has 2 N–H and O–H groups in total. The van der Waals surface area contributed by atoms with Gasteiger partial charge >= 0.3 is 6.03 Å². The van der Waals surface area contributed by atoms with Gasteiger partial charge in [0.05, 0.1) is 13.2 Å². The molecule has 0 spiro atoms. The summed E-state index contributed by atoms with van der Waals surface area (Å²) in [5.41, 5.74) is 2.30. The Morgan fingerprint density at radius 1 is 1.00 bits per heavy atom. The first-order chi connectivity index (χ1) is 13.3. The van der Waals surface area contributed by atoms with E-state index < -0.39 is 0 Å². The van der Waals surface area contributed by atoms with E-state index in [0.717, 1.165) is 24.4 Å². The molecule has 1 aliphatic heterocycles. The number of hydrogen-bond acceptors (Lipinski definition) is 3. The zero-order valence-electron chi connectivity index (χ0n) is 16.0. The predicted molar refractivity (Wildman–Crippen MR) is 108 cm³/mol. The van der Waals surface area contributed by atoms with Gasteiger partial charge in [0.15, 0.2) is 0 Å². The predicted octanol–water partition coefficient (Wildman–Crippen LogP) is 3.72. The van der Waals surface area contributed by atoms with Crippen molar-refractivity contribution in [3.8, 4) is 5.75 Å². The van der Waals surface area contributed by atoms with Gasteiger partial charge in [0, 0.05) is 13.1 Å². The zero-order chi connectivity index (χ0) is 18.9. The van der Waals surface area contributed by atoms with Crippen LogP contribution in [0.25, 0.3) is 0 Å². The molecular formula is C22H29N3O2. The van der Waals surface area contributed by atoms with Crippen molar-refractivity contribution < 1.29 is 9.53 Å². The summed E-state index contributed by atoms with van der Waals surface area (Å²) in [6, 6.07) is 18.2. The largest absolute Gasteiger partial charge is 0.497 e. The van der Waals surface area contributed by atoms with E-state index >= 15 is 0 Å². The Morgan fingerprint density at radius 3 is 2.37 bits per heavy atom. The van der Waals surface area contributed by atoms with Gasteiger partial charge in [-0.15, -0.1) is 0 Å². The lowest BCUT2D eigenvalue weighted by atomic mass is 10.0. The molecule has 2 aromatic rings. The first-order valence-electron chi connectivity index (χ1n) is 9.70. The lowest BCUT2D eigenvalue weighted by molar-refractivity contribution is 0.160. The van der Waals surface area contributed by atoms with Crippen molar-refractivity contribution in [1.29, 1.82) is 0 Å². The Hall–Kier alpha value is -2.53. The smallest absolute Gasteiger partial charge is 0.315 e. The van der Waals surface area contributed by atoms with E-state index in [1.807, 2.05) is 42.5 Å². The number of nitrogens with one attached hydrogen (secondary N) is 2. The fraction of sp³-hybridized carbons (Fsp3) is 0.409. The Bertz CT molecular complexity index is 697. The third kappa shape index (κ3) is 5.73. The molecule has 27 heavy (non-hydrogen) atoms. The molecule has 1 fully saturated rings. The molecule has 3 rings (SSSR count). The van der Waals surface area contributed by atoms with Crippen molar-refractivity contribution in [3.63, 3.8) is 0 Å². The van der Waals surface area contributed by atoms with Gasteiger partial charge in [-0.2, -0.15) is 0 Å². The number of nitrogens with zero attached hydrogens (tertiary/aromatic N) is 1. The van der Waals surface area contributed by atoms with Crippen LogP contribution >= 0.6 is 0 Å². The molecule has 1 aliphatic rings. The van der Waals surface area contributed by atoms with Gasteiger partial charge in [0.2, 0.25) is 0 Å². The molecule has 1 atom stereocenters. The van der Waals surface area contributed by atoms with Crippen molar-refractivity contribution in [2.24, 2.45) is 0 Å². The van der Waals surface area contributed by atoms with Crippen molar-refractivity contribution >= 4 is 6.03 Å². The number of carbonyl (C=O) groups is 1. The monoisotopic (exact) mass is 367 g/mol. The zero-order valence-corrected chi connectivity index (χ0v) is 16.0. The Balaban J connectivity index is 1.59. The molecule has 0 radical (unpaired) electrons. The highest BCUT2D eigenvalue weighted by atomic mass is 16.5. The molecule has 0 saturated carbocycles. The molecule has 1 saturated heterocycles. The van der Waals surface area contributed by atoms with Gasteiger partial charge in [-0.1, -0.05) is 48.9 Å². The van der Waals surface area contributed by atoms with Crippen LogP contribution in [0.15, 0.2) is 54.6 Å². The maximum Gasteiger partial charge on any atom is 0.315 e. The van der Waals surface area contributed by atoms with Gasteiger partial charge in [0.25, 0.3) is 0 Å². The normalized spacial score (nSPS) is 15.7. The second-order valence-corrected chi connectivity index (χ2v) is 6.93. The Kier molecular flexibility index (Phi) is 7.11. The number of carbonyl (C=O) groups excluding carboxylic acids is 1. The van der Waals surface area contributed by atoms with Gasteiger partial charge in [-0.05, 0) is 49.2 Å². The molecule has 5 nitrogen and oxygen atoms in total. The molecule has 0 aliphatic carbocycles. The minimum Gasteiger partial charge on any atom is -0.497 e. The summed E-state index contributed by atoms with van der Waals surface area (Å²) in [6.45, 7) is 3.27. The molecule has 0 aromatic heterocycles. The van der Waals surface area contributed by atoms with E-state index in [1.165, 1.54) is 24.8 Å². The van der Waals surface area contributed by atoms with E-state index in [0.29, 0.717) is 13.1 Å². The van der Waals surface area contributed by atoms with Crippen LogP contribution in [0.5, 0.6) is 5.75 Å². The van der Waals surface area contributed by atoms with Crippen molar-refractivity contribution in [2.75, 3.05) is 26.7 Å². The maximum atomic E-state index is 12.3. The summed E-state index contributed by atoms with van der Waals surface area (Å²) in [5.74, 6) is 0.852. The van der Waals surface area contributed by atoms with Crippen LogP contribution in [0.3, 0.4) is 0 Å². The minimum atomic E-state index is -0.130. The lowest BCUT2D eigenvalue weighted by Crippen LogP contribution is -2.43. The van der Waals surface area contributed by atoms with Crippen LogP contribution < -0.4 is 15.4 Å². The van der Waals surface area contributed by atoms with E-state index in [2.05, 4.69) is 27.7 Å². The summed E-state index contributed by atoms with van der Waals surface area (Å²) in [4.78, 5) is 14.7. The number of hydrogen-bond donors (Lipinski definition) is 2. The average molecular weight is 367 g/mol. The van der Waals surface area contributed by atoms with Gasteiger partial charge in [-0.3, -0.25) is 4.90 Å². The number of urea groups is 1. The second kappa shape index (κ2) is 9.97. The van der Waals surface area contributed by atoms with Crippen LogP contribution in [-0.2, 0) is 6.54 Å². The summed E-state index contributed by atoms with van der Waals surface area (Å²) in [6.07, 6.45) is 3.72. The summed E-state index contributed by atoms with van der Waals surface area (Å²) >= 11 is 0. The standard InChI is InChI=1S/C22H29N3O2/c1-27-20-12-10-19(11-13-20)21(25-14-6-3-7-15-25)17-24-22(26)23-16-18-8-4-2-5-9-18/h2,4-5,8-13,21H,3,6-7,14-17H2,1H3,(H2,23,24,26). The number of piperidine rings is 1. The molecule has 1 unspecified atom stereocenters. The van der Waals surface area contributed by atoms with E-state index in [-0.39, 0.29) is 12.1 Å². The average Bonchev–Trinajstić information content (AvgIpc) is 2.74. The van der Waals surface area contributed by atoms with Crippen molar-refractivity contribution in [3.05, 3.63) is 65.7 Å². The highest BCUT2D eigenvalue weighted by molar-refractivity contribution is 5.73. The number of benzene rings is 2. The third-order valence-electron chi connectivity index (χ3n) is 5.08. The number of ether oxygens (including phenoxy) is 1. The molecule has 2 aromatic carbocycles. The molecule has 2 amide bonds. The fourth-order valence-corrected chi connectivity index (χ4v) is 3.54. The SMILES string of the molecule is COc1ccc(C(CNC(=O)NCc2ccccc2)N2CCCCC2)cc1. The molecule has 0 bridgehead atoms. The number of rotatable bonds is 7. The summed E-state index contributed by atoms with van der Waals surface area (Å²) in [5, 5.41) is 5.99. The van der Waals surface area contributed by atoms with Crippen molar-refractivity contribution in [1.82, 2.24) is 15.5 Å². The van der Waals surface area contributed by atoms with Gasteiger partial charge < -0.3 is 15.4 Å². The molecule has 5 heteroatoms. The lowest BCUT2D eigenvalue weighted by Gasteiger charge is -2.35. The van der Waals surface area contributed by atoms with Crippen LogP contribution in [0, 0.1) is 0 Å². The molecular weight excluding hydrogens is 338 g/mol. The number of methoxy groups -OCH3 is 1. The maximum absolute atomic E-state index is 12.3. The first kappa shape index (κ1) is 19.2. The van der Waals surface area contributed by atoms with E-state index in [1.54, 1.807) is 7.11 Å². The highest BCUT2D eigenvalue weighted by Gasteiger charge is 2.22. The van der Waals surface area contributed by atoms with Crippen LogP contribution in [-0.4, -0.2) is 37.7 Å². The topological polar surface area (TPSA) is 53.6 Å². The summed E-state index contributed by atoms with van der Waals surface area (Å²) < 4.78 is 5.27. The van der Waals surface area contributed by atoms with Crippen LogP contribution in [0.2, 0.25) is 0 Å². The van der Waals surface area contributed by atoms with Crippen molar-refractivity contribution in [2.45, 2.75) is 31.8 Å². The highest BCUT2D eigenvalue weighted by Crippen LogP contribution is 2.25. The quantitative estimate of drug-likeness (QED) is 0.784. The second-order valence-electron chi connectivity index (χ2n) is 6.93. The molecule has 1 heterocycles. The first-order valence-corrected chi connectivity index (χ1v) is 9.70. The fourth-order valence-electron chi connectivity index (χ4n) is 3.54. The third-order valence-corrected chi connectivity index (χ3v) is 5.08. The van der Waals surface area contributed by atoms with Gasteiger partial charge in [0.1, 0.15) is 5.75 Å². The Morgan fingerprint density at radius 2 is 1.70 bits per heavy atom.